The third kappa shape index (κ3) is 4.83. The first-order valence-electron chi connectivity index (χ1n) is 11.8. The van der Waals surface area contributed by atoms with E-state index in [0.717, 1.165) is 33.8 Å². The molecule has 0 N–H and O–H groups in total. The zero-order valence-electron chi connectivity index (χ0n) is 20.4. The lowest BCUT2D eigenvalue weighted by Gasteiger charge is -2.15. The van der Waals surface area contributed by atoms with Gasteiger partial charge in [0.2, 0.25) is 0 Å². The standard InChI is InChI=1S/C30H22N4O4/c1-21-18-27(34(37)38)16-17-28(21)31-20-24-19-29(22-8-4-2-5-9-22)32(30(24)23-10-6-3-7-11-23)25-12-14-26(15-13-25)33(35)36/h2-20H,1H3. The van der Waals surface area contributed by atoms with Crippen LogP contribution in [0.5, 0.6) is 0 Å². The van der Waals surface area contributed by atoms with Gasteiger partial charge in [0.1, 0.15) is 0 Å². The zero-order chi connectivity index (χ0) is 26.6. The van der Waals surface area contributed by atoms with Crippen molar-refractivity contribution in [2.24, 2.45) is 4.99 Å². The molecule has 0 atom stereocenters. The van der Waals surface area contributed by atoms with Crippen LogP contribution in [0.3, 0.4) is 0 Å². The lowest BCUT2D eigenvalue weighted by atomic mass is 10.1. The van der Waals surface area contributed by atoms with E-state index in [1.165, 1.54) is 24.3 Å². The second-order valence-electron chi connectivity index (χ2n) is 8.66. The summed E-state index contributed by atoms with van der Waals surface area (Å²) in [6, 6.07) is 32.8. The Morgan fingerprint density at radius 1 is 0.711 bits per heavy atom. The third-order valence-corrected chi connectivity index (χ3v) is 6.20. The zero-order valence-corrected chi connectivity index (χ0v) is 20.4. The summed E-state index contributed by atoms with van der Waals surface area (Å²) in [4.78, 5) is 26.3. The summed E-state index contributed by atoms with van der Waals surface area (Å²) in [5.41, 5.74) is 6.59. The van der Waals surface area contributed by atoms with Gasteiger partial charge in [-0.2, -0.15) is 0 Å². The first-order valence-corrected chi connectivity index (χ1v) is 11.8. The van der Waals surface area contributed by atoms with Gasteiger partial charge in [0.05, 0.1) is 26.9 Å². The minimum atomic E-state index is -0.426. The first-order chi connectivity index (χ1) is 18.4. The Bertz CT molecular complexity index is 1660. The average Bonchev–Trinajstić information content (AvgIpc) is 3.32. The normalized spacial score (nSPS) is 11.1. The number of hydrogen-bond acceptors (Lipinski definition) is 5. The van der Waals surface area contributed by atoms with Crippen molar-refractivity contribution in [1.29, 1.82) is 0 Å². The predicted octanol–water partition coefficient (Wildman–Crippen LogP) is 7.69. The summed E-state index contributed by atoms with van der Waals surface area (Å²) in [5, 5.41) is 22.4. The van der Waals surface area contributed by atoms with E-state index in [2.05, 4.69) is 4.57 Å². The van der Waals surface area contributed by atoms with Crippen molar-refractivity contribution in [3.63, 3.8) is 0 Å². The van der Waals surface area contributed by atoms with Crippen molar-refractivity contribution in [2.45, 2.75) is 6.92 Å². The van der Waals surface area contributed by atoms with Crippen LogP contribution in [0.2, 0.25) is 0 Å². The molecular weight excluding hydrogens is 480 g/mol. The Balaban J connectivity index is 1.73. The quantitative estimate of drug-likeness (QED) is 0.129. The summed E-state index contributed by atoms with van der Waals surface area (Å²) in [6.45, 7) is 1.79. The van der Waals surface area contributed by atoms with Crippen molar-refractivity contribution >= 4 is 23.3 Å². The Kier molecular flexibility index (Phi) is 6.61. The maximum atomic E-state index is 11.3. The van der Waals surface area contributed by atoms with Gasteiger partial charge in [-0.3, -0.25) is 25.2 Å². The molecule has 8 heteroatoms. The van der Waals surface area contributed by atoms with E-state index in [0.29, 0.717) is 11.3 Å². The summed E-state index contributed by atoms with van der Waals surface area (Å²) in [7, 11) is 0. The second kappa shape index (κ2) is 10.3. The largest absolute Gasteiger partial charge is 0.309 e. The van der Waals surface area contributed by atoms with Crippen molar-refractivity contribution in [1.82, 2.24) is 4.57 Å². The molecule has 0 aliphatic heterocycles. The van der Waals surface area contributed by atoms with Gasteiger partial charge in [0.15, 0.2) is 0 Å². The maximum absolute atomic E-state index is 11.3. The Hall–Kier alpha value is -5.37. The minimum Gasteiger partial charge on any atom is -0.309 e. The molecule has 4 aromatic carbocycles. The molecule has 186 valence electrons. The highest BCUT2D eigenvalue weighted by molar-refractivity contribution is 5.94. The molecule has 0 unspecified atom stereocenters. The number of non-ortho nitro benzene ring substituents is 2. The Morgan fingerprint density at radius 3 is 1.87 bits per heavy atom. The average molecular weight is 503 g/mol. The van der Waals surface area contributed by atoms with Crippen LogP contribution in [0, 0.1) is 27.2 Å². The van der Waals surface area contributed by atoms with E-state index in [-0.39, 0.29) is 11.4 Å². The van der Waals surface area contributed by atoms with Crippen molar-refractivity contribution in [3.8, 4) is 28.2 Å². The summed E-state index contributed by atoms with van der Waals surface area (Å²) < 4.78 is 2.07. The van der Waals surface area contributed by atoms with Crippen molar-refractivity contribution in [2.75, 3.05) is 0 Å². The molecule has 38 heavy (non-hydrogen) atoms. The summed E-state index contributed by atoms with van der Waals surface area (Å²) in [5.74, 6) is 0. The van der Waals surface area contributed by atoms with Crippen LogP contribution in [-0.4, -0.2) is 20.6 Å². The molecule has 0 saturated heterocycles. The van der Waals surface area contributed by atoms with Crippen LogP contribution in [0.1, 0.15) is 11.1 Å². The lowest BCUT2D eigenvalue weighted by Crippen LogP contribution is -2.01. The molecule has 0 aliphatic rings. The third-order valence-electron chi connectivity index (χ3n) is 6.20. The van der Waals surface area contributed by atoms with Gasteiger partial charge < -0.3 is 4.57 Å². The van der Waals surface area contributed by atoms with E-state index in [1.807, 2.05) is 66.7 Å². The van der Waals surface area contributed by atoms with Crippen LogP contribution in [0.4, 0.5) is 17.1 Å². The number of aliphatic imine (C=N–C) groups is 1. The van der Waals surface area contributed by atoms with E-state index >= 15 is 0 Å². The molecule has 5 aromatic rings. The number of nitrogens with zero attached hydrogens (tertiary/aromatic N) is 4. The Morgan fingerprint density at radius 2 is 1.29 bits per heavy atom. The van der Waals surface area contributed by atoms with Crippen LogP contribution < -0.4 is 0 Å². The molecule has 0 spiro atoms. The summed E-state index contributed by atoms with van der Waals surface area (Å²) in [6.07, 6.45) is 1.75. The maximum Gasteiger partial charge on any atom is 0.269 e. The molecule has 5 rings (SSSR count). The van der Waals surface area contributed by atoms with E-state index < -0.39 is 9.85 Å². The fourth-order valence-corrected chi connectivity index (χ4v) is 4.37. The van der Waals surface area contributed by atoms with Crippen molar-refractivity contribution < 1.29 is 9.85 Å². The van der Waals surface area contributed by atoms with E-state index in [4.69, 9.17) is 4.99 Å². The molecule has 8 nitrogen and oxygen atoms in total. The molecule has 1 aromatic heterocycles. The van der Waals surface area contributed by atoms with E-state index in [9.17, 15) is 20.2 Å². The van der Waals surface area contributed by atoms with Gasteiger partial charge in [0.25, 0.3) is 11.4 Å². The number of hydrogen-bond donors (Lipinski definition) is 0. The fraction of sp³-hybridized carbons (Fsp3) is 0.0333. The Labute approximate surface area is 218 Å². The molecule has 0 fully saturated rings. The van der Waals surface area contributed by atoms with Gasteiger partial charge in [-0.05, 0) is 47.9 Å². The number of aromatic nitrogens is 1. The monoisotopic (exact) mass is 502 g/mol. The van der Waals surface area contributed by atoms with Crippen LogP contribution in [-0.2, 0) is 0 Å². The molecule has 0 saturated carbocycles. The SMILES string of the molecule is Cc1cc([N+](=O)[O-])ccc1N=Cc1cc(-c2ccccc2)n(-c2ccc([N+](=O)[O-])cc2)c1-c1ccccc1. The molecule has 0 amide bonds. The predicted molar refractivity (Wildman–Crippen MR) is 148 cm³/mol. The minimum absolute atomic E-state index is 0.0128. The second-order valence-corrected chi connectivity index (χ2v) is 8.66. The van der Waals surface area contributed by atoms with Gasteiger partial charge >= 0.3 is 0 Å². The lowest BCUT2D eigenvalue weighted by molar-refractivity contribution is -0.385. The van der Waals surface area contributed by atoms with Crippen LogP contribution in [0.15, 0.2) is 114 Å². The van der Waals surface area contributed by atoms with Crippen LogP contribution >= 0.6 is 0 Å². The molecule has 1 heterocycles. The highest BCUT2D eigenvalue weighted by atomic mass is 16.6. The summed E-state index contributed by atoms with van der Waals surface area (Å²) >= 11 is 0. The van der Waals surface area contributed by atoms with Crippen molar-refractivity contribution in [3.05, 3.63) is 141 Å². The number of nitro benzene ring substituents is 2. The van der Waals surface area contributed by atoms with Gasteiger partial charge in [-0.15, -0.1) is 0 Å². The fourth-order valence-electron chi connectivity index (χ4n) is 4.37. The number of rotatable bonds is 7. The number of benzene rings is 4. The molecular formula is C30H22N4O4. The van der Waals surface area contributed by atoms with Gasteiger partial charge in [-0.1, -0.05) is 60.7 Å². The van der Waals surface area contributed by atoms with E-state index in [1.54, 1.807) is 31.3 Å². The number of nitro groups is 2. The first kappa shape index (κ1) is 24.3. The topological polar surface area (TPSA) is 104 Å². The highest BCUT2D eigenvalue weighted by Gasteiger charge is 2.19. The van der Waals surface area contributed by atoms with Crippen LogP contribution in [0.25, 0.3) is 28.2 Å². The molecule has 0 bridgehead atoms. The molecule has 0 aliphatic carbocycles. The molecule has 0 radical (unpaired) electrons. The number of aryl methyl sites for hydroxylation is 1. The van der Waals surface area contributed by atoms with Gasteiger partial charge in [-0.25, -0.2) is 0 Å². The van der Waals surface area contributed by atoms with Gasteiger partial charge in [0, 0.05) is 41.7 Å². The highest BCUT2D eigenvalue weighted by Crippen LogP contribution is 2.36. The smallest absolute Gasteiger partial charge is 0.269 e.